The minimum absolute atomic E-state index is 0. The molecule has 5 nitrogen and oxygen atoms in total. The second-order valence-electron chi connectivity index (χ2n) is 5.09. The van der Waals surface area contributed by atoms with Crippen molar-refractivity contribution in [2.24, 2.45) is 0 Å². The van der Waals surface area contributed by atoms with E-state index in [9.17, 15) is 18.0 Å². The maximum atomic E-state index is 12.6. The largest absolute Gasteiger partial charge is 0.573 e. The first-order valence-corrected chi connectivity index (χ1v) is 7.75. The summed E-state index contributed by atoms with van der Waals surface area (Å²) in [5, 5.41) is 4.19. The van der Waals surface area contributed by atoms with Gasteiger partial charge < -0.3 is 9.64 Å². The van der Waals surface area contributed by atoms with Crippen LogP contribution < -0.4 is 9.64 Å². The van der Waals surface area contributed by atoms with E-state index in [0.717, 1.165) is 3.57 Å². The van der Waals surface area contributed by atoms with Gasteiger partial charge in [-0.25, -0.2) is 0 Å². The van der Waals surface area contributed by atoms with Crippen LogP contribution in [0.1, 0.15) is 23.5 Å². The Bertz CT molecular complexity index is 749. The Labute approximate surface area is 156 Å². The van der Waals surface area contributed by atoms with Crippen molar-refractivity contribution in [3.8, 4) is 5.75 Å². The number of aromatic nitrogens is 2. The molecule has 1 atom stereocenters. The topological polar surface area (TPSA) is 47.4 Å². The molecule has 0 bridgehead atoms. The van der Waals surface area contributed by atoms with Crippen molar-refractivity contribution in [3.05, 3.63) is 39.7 Å². The van der Waals surface area contributed by atoms with E-state index in [-0.39, 0.29) is 31.2 Å². The van der Waals surface area contributed by atoms with Gasteiger partial charge in [-0.15, -0.1) is 13.2 Å². The van der Waals surface area contributed by atoms with Gasteiger partial charge in [0.05, 0.1) is 15.8 Å². The number of hydrogen-bond acceptors (Lipinski definition) is 3. The summed E-state index contributed by atoms with van der Waals surface area (Å²) in [5.74, 6) is -0.548. The molecule has 1 aliphatic rings. The molecule has 2 aromatic rings. The minimum atomic E-state index is -4.74. The molecule has 1 aromatic heterocycles. The van der Waals surface area contributed by atoms with Crippen LogP contribution in [0.15, 0.2) is 30.5 Å². The monoisotopic (exact) mass is 471 g/mol. The molecule has 10 heteroatoms. The molecule has 0 fully saturated rings. The predicted molar refractivity (Wildman–Crippen MR) is 94.8 cm³/mol. The molecule has 24 heavy (non-hydrogen) atoms. The molecule has 1 aliphatic heterocycles. The molecular weight excluding hydrogens is 458 g/mol. The van der Waals surface area contributed by atoms with E-state index in [1.54, 1.807) is 10.9 Å². The third-order valence-electron chi connectivity index (χ3n) is 3.44. The molecule has 0 aliphatic carbocycles. The summed E-state index contributed by atoms with van der Waals surface area (Å²) in [7, 11) is 0. The van der Waals surface area contributed by atoms with Gasteiger partial charge in [0.25, 0.3) is 5.91 Å². The van der Waals surface area contributed by atoms with Crippen molar-refractivity contribution in [2.45, 2.75) is 19.3 Å². The highest BCUT2D eigenvalue weighted by molar-refractivity contribution is 14.1. The number of alkyl halides is 3. The molecule has 0 saturated heterocycles. The highest BCUT2D eigenvalue weighted by atomic mass is 127. The minimum Gasteiger partial charge on any atom is -0.406 e. The first kappa shape index (κ1) is 18.9. The number of carbonyl (C=O) groups excluding carboxylic acids is 1. The molecule has 1 aromatic carbocycles. The van der Waals surface area contributed by atoms with Crippen LogP contribution in [0.4, 0.5) is 18.9 Å². The third-order valence-corrected chi connectivity index (χ3v) is 4.23. The van der Waals surface area contributed by atoms with Gasteiger partial charge >= 0.3 is 6.36 Å². The number of carbonyl (C=O) groups is 1. The van der Waals surface area contributed by atoms with Gasteiger partial charge in [0.2, 0.25) is 0 Å². The first-order valence-electron chi connectivity index (χ1n) is 6.67. The van der Waals surface area contributed by atoms with Crippen molar-refractivity contribution in [2.75, 3.05) is 11.4 Å². The average molecular weight is 471 g/mol. The van der Waals surface area contributed by atoms with Crippen LogP contribution in [0.5, 0.6) is 5.75 Å². The number of benzene rings is 1. The second kappa shape index (κ2) is 6.82. The van der Waals surface area contributed by atoms with Crippen LogP contribution in [0, 0.1) is 3.57 Å². The van der Waals surface area contributed by atoms with Gasteiger partial charge in [-0.1, -0.05) is 0 Å². The Balaban J connectivity index is 0.00000208. The molecule has 0 unspecified atom stereocenters. The van der Waals surface area contributed by atoms with Crippen LogP contribution in [-0.2, 0) is 0 Å². The Morgan fingerprint density at radius 1 is 1.29 bits per heavy atom. The van der Waals surface area contributed by atoms with Crippen LogP contribution in [0.2, 0.25) is 0 Å². The van der Waals surface area contributed by atoms with Crippen molar-refractivity contribution >= 4 is 47.7 Å². The fourth-order valence-electron chi connectivity index (χ4n) is 2.48. The maximum Gasteiger partial charge on any atom is 0.573 e. The van der Waals surface area contributed by atoms with Gasteiger partial charge in [-0.2, -0.15) is 18.6 Å². The predicted octanol–water partition coefficient (Wildman–Crippen LogP) is 3.72. The van der Waals surface area contributed by atoms with Gasteiger partial charge in [-0.05, 0) is 53.8 Å². The molecule has 0 spiro atoms. The van der Waals surface area contributed by atoms with Crippen LogP contribution in [-0.4, -0.2) is 28.6 Å². The number of halogens is 4. The zero-order valence-corrected chi connectivity index (χ0v) is 15.5. The van der Waals surface area contributed by atoms with E-state index < -0.39 is 6.36 Å². The summed E-state index contributed by atoms with van der Waals surface area (Å²) in [6.45, 7) is 2.32. The van der Waals surface area contributed by atoms with Crippen molar-refractivity contribution < 1.29 is 22.7 Å². The fourth-order valence-corrected chi connectivity index (χ4v) is 3.08. The quantitative estimate of drug-likeness (QED) is 0.628. The molecule has 0 N–H and O–H groups in total. The van der Waals surface area contributed by atoms with E-state index in [2.05, 4.69) is 9.84 Å². The van der Waals surface area contributed by atoms with Crippen molar-refractivity contribution in [3.63, 3.8) is 0 Å². The van der Waals surface area contributed by atoms with E-state index in [1.165, 1.54) is 29.2 Å². The molecule has 0 radical (unpaired) electrons. The molecule has 1 amide bonds. The summed E-state index contributed by atoms with van der Waals surface area (Å²) in [5.41, 5.74) is 1.000. The lowest BCUT2D eigenvalue weighted by molar-refractivity contribution is -0.274. The Kier molecular flexibility index (Phi) is 5.37. The lowest BCUT2D eigenvalue weighted by Crippen LogP contribution is -2.43. The van der Waals surface area contributed by atoms with Gasteiger partial charge in [0.15, 0.2) is 0 Å². The standard InChI is InChI=1S/C14H11F3IN3O2.H2S/c1-8-7-20(13(22)12-11(18)6-19-21(8)12)9-2-4-10(5-3-9)23-14(15,16)17;/h2-6,8H,7H2,1H3;1H2/t8-;/m0./s1. The molecular formula is C14H13F3IN3O2S. The second-order valence-corrected chi connectivity index (χ2v) is 6.25. The van der Waals surface area contributed by atoms with Crippen LogP contribution >= 0.6 is 36.1 Å². The molecule has 0 saturated carbocycles. The molecule has 3 rings (SSSR count). The number of ether oxygens (including phenoxy) is 1. The smallest absolute Gasteiger partial charge is 0.406 e. The number of hydrogen-bond donors (Lipinski definition) is 0. The zero-order valence-electron chi connectivity index (χ0n) is 12.3. The highest BCUT2D eigenvalue weighted by Gasteiger charge is 2.33. The Morgan fingerprint density at radius 2 is 1.92 bits per heavy atom. The summed E-state index contributed by atoms with van der Waals surface area (Å²) >= 11 is 2.04. The summed E-state index contributed by atoms with van der Waals surface area (Å²) in [6, 6.07) is 5.22. The van der Waals surface area contributed by atoms with Crippen LogP contribution in [0.25, 0.3) is 0 Å². The van der Waals surface area contributed by atoms with Crippen molar-refractivity contribution in [1.82, 2.24) is 9.78 Å². The number of amides is 1. The van der Waals surface area contributed by atoms with Gasteiger partial charge in [0, 0.05) is 12.2 Å². The lowest BCUT2D eigenvalue weighted by Gasteiger charge is -2.32. The number of fused-ring (bicyclic) bond motifs is 1. The first-order chi connectivity index (χ1) is 10.8. The third kappa shape index (κ3) is 3.63. The summed E-state index contributed by atoms with van der Waals surface area (Å²) in [6.07, 6.45) is -3.12. The lowest BCUT2D eigenvalue weighted by atomic mass is 10.1. The fraction of sp³-hybridized carbons (Fsp3) is 0.286. The number of rotatable bonds is 2. The van der Waals surface area contributed by atoms with Crippen LogP contribution in [0.3, 0.4) is 0 Å². The maximum absolute atomic E-state index is 12.6. The average Bonchev–Trinajstić information content (AvgIpc) is 2.85. The molecule has 130 valence electrons. The van der Waals surface area contributed by atoms with E-state index in [4.69, 9.17) is 0 Å². The number of anilines is 1. The van der Waals surface area contributed by atoms with Gasteiger partial charge in [-0.3, -0.25) is 9.48 Å². The zero-order chi connectivity index (χ0) is 16.8. The van der Waals surface area contributed by atoms with Crippen molar-refractivity contribution in [1.29, 1.82) is 0 Å². The highest BCUT2D eigenvalue weighted by Crippen LogP contribution is 2.30. The Morgan fingerprint density at radius 3 is 2.50 bits per heavy atom. The molecule has 2 heterocycles. The summed E-state index contributed by atoms with van der Waals surface area (Å²) < 4.78 is 42.8. The summed E-state index contributed by atoms with van der Waals surface area (Å²) in [4.78, 5) is 14.1. The normalized spacial score (nSPS) is 17.3. The van der Waals surface area contributed by atoms with E-state index in [0.29, 0.717) is 17.9 Å². The number of nitrogens with zero attached hydrogens (tertiary/aromatic N) is 3. The van der Waals surface area contributed by atoms with E-state index in [1.807, 2.05) is 29.5 Å². The SMILES string of the molecule is C[C@H]1CN(c2ccc(OC(F)(F)F)cc2)C(=O)c2c(I)cnn21.S. The van der Waals surface area contributed by atoms with E-state index >= 15 is 0 Å². The Hall–Kier alpha value is -1.43. The van der Waals surface area contributed by atoms with Gasteiger partial charge in [0.1, 0.15) is 11.4 Å².